The summed E-state index contributed by atoms with van der Waals surface area (Å²) in [7, 11) is 0. The van der Waals surface area contributed by atoms with E-state index in [0.717, 1.165) is 24.0 Å². The van der Waals surface area contributed by atoms with E-state index in [1.807, 2.05) is 56.9 Å². The number of likely N-dealkylation sites (tertiary alicyclic amines) is 1. The van der Waals surface area contributed by atoms with Crippen LogP contribution in [0.1, 0.15) is 49.5 Å². The van der Waals surface area contributed by atoms with E-state index in [2.05, 4.69) is 5.32 Å². The van der Waals surface area contributed by atoms with Crippen molar-refractivity contribution in [1.29, 1.82) is 0 Å². The Bertz CT molecular complexity index is 552. The molecule has 2 rings (SSSR count). The Morgan fingerprint density at radius 1 is 1.18 bits per heavy atom. The van der Waals surface area contributed by atoms with Gasteiger partial charge in [0, 0.05) is 30.1 Å². The van der Waals surface area contributed by atoms with Crippen LogP contribution in [0.4, 0.5) is 0 Å². The molecule has 0 radical (unpaired) electrons. The van der Waals surface area contributed by atoms with Gasteiger partial charge < -0.3 is 10.2 Å². The van der Waals surface area contributed by atoms with E-state index in [1.54, 1.807) is 0 Å². The van der Waals surface area contributed by atoms with Gasteiger partial charge in [-0.25, -0.2) is 0 Å². The third-order valence-electron chi connectivity index (χ3n) is 3.92. The molecule has 0 saturated carbocycles. The fraction of sp³-hybridized carbons (Fsp3) is 0.556. The Labute approximate surface area is 132 Å². The number of nitrogens with one attached hydrogen (secondary N) is 1. The van der Waals surface area contributed by atoms with Crippen LogP contribution in [-0.2, 0) is 4.79 Å². The second-order valence-electron chi connectivity index (χ2n) is 7.18. The lowest BCUT2D eigenvalue weighted by Gasteiger charge is -2.33. The number of benzene rings is 1. The molecule has 4 nitrogen and oxygen atoms in total. The number of piperidine rings is 1. The van der Waals surface area contributed by atoms with Gasteiger partial charge in [-0.05, 0) is 52.7 Å². The van der Waals surface area contributed by atoms with Crippen LogP contribution in [0.2, 0.25) is 0 Å². The lowest BCUT2D eigenvalue weighted by atomic mass is 9.94. The molecule has 1 aromatic rings. The van der Waals surface area contributed by atoms with E-state index in [4.69, 9.17) is 0 Å². The van der Waals surface area contributed by atoms with Gasteiger partial charge in [-0.3, -0.25) is 9.59 Å². The summed E-state index contributed by atoms with van der Waals surface area (Å²) in [4.78, 5) is 26.5. The van der Waals surface area contributed by atoms with Crippen LogP contribution in [0.3, 0.4) is 0 Å². The molecule has 0 atom stereocenters. The maximum absolute atomic E-state index is 12.5. The minimum absolute atomic E-state index is 0.0146. The van der Waals surface area contributed by atoms with Gasteiger partial charge in [0.1, 0.15) is 0 Å². The van der Waals surface area contributed by atoms with Crippen LogP contribution in [0.15, 0.2) is 24.3 Å². The summed E-state index contributed by atoms with van der Waals surface area (Å²) in [6.45, 7) is 9.24. The van der Waals surface area contributed by atoms with Gasteiger partial charge >= 0.3 is 0 Å². The molecule has 1 saturated heterocycles. The van der Waals surface area contributed by atoms with Gasteiger partial charge in [-0.15, -0.1) is 0 Å². The number of nitrogens with zero attached hydrogens (tertiary/aromatic N) is 1. The van der Waals surface area contributed by atoms with Gasteiger partial charge in [-0.2, -0.15) is 0 Å². The Hall–Kier alpha value is -1.84. The number of hydrogen-bond donors (Lipinski definition) is 1. The second-order valence-corrected chi connectivity index (χ2v) is 7.18. The minimum atomic E-state index is -0.203. The number of rotatable bonds is 2. The van der Waals surface area contributed by atoms with Crippen molar-refractivity contribution in [1.82, 2.24) is 10.2 Å². The zero-order valence-electron chi connectivity index (χ0n) is 14.0. The number of carbonyl (C=O) groups is 2. The summed E-state index contributed by atoms with van der Waals surface area (Å²) in [5.41, 5.74) is 1.62. The number of hydrogen-bond acceptors (Lipinski definition) is 2. The molecule has 1 aromatic carbocycles. The SMILES string of the molecule is Cc1cccc(C(=O)N2CCC(C(=O)NC(C)(C)C)CC2)c1. The molecule has 0 aliphatic carbocycles. The molecular weight excluding hydrogens is 276 g/mol. The van der Waals surface area contributed by atoms with Crippen molar-refractivity contribution in [2.24, 2.45) is 5.92 Å². The monoisotopic (exact) mass is 302 g/mol. The summed E-state index contributed by atoms with van der Waals surface area (Å²) < 4.78 is 0. The average Bonchev–Trinajstić information content (AvgIpc) is 2.45. The average molecular weight is 302 g/mol. The molecule has 2 amide bonds. The van der Waals surface area contributed by atoms with Crippen molar-refractivity contribution in [3.63, 3.8) is 0 Å². The molecule has 1 aliphatic rings. The fourth-order valence-corrected chi connectivity index (χ4v) is 2.78. The highest BCUT2D eigenvalue weighted by Gasteiger charge is 2.29. The Morgan fingerprint density at radius 2 is 1.82 bits per heavy atom. The third kappa shape index (κ3) is 4.33. The smallest absolute Gasteiger partial charge is 0.253 e. The van der Waals surface area contributed by atoms with Crippen LogP contribution < -0.4 is 5.32 Å². The van der Waals surface area contributed by atoms with Crippen LogP contribution >= 0.6 is 0 Å². The third-order valence-corrected chi connectivity index (χ3v) is 3.92. The topological polar surface area (TPSA) is 49.4 Å². The normalized spacial score (nSPS) is 16.5. The van der Waals surface area contributed by atoms with Crippen molar-refractivity contribution in [2.45, 2.75) is 46.1 Å². The van der Waals surface area contributed by atoms with Crippen molar-refractivity contribution in [3.05, 3.63) is 35.4 Å². The highest BCUT2D eigenvalue weighted by atomic mass is 16.2. The quantitative estimate of drug-likeness (QED) is 0.913. The highest BCUT2D eigenvalue weighted by molar-refractivity contribution is 5.94. The van der Waals surface area contributed by atoms with Crippen molar-refractivity contribution in [3.8, 4) is 0 Å². The van der Waals surface area contributed by atoms with Gasteiger partial charge in [0.05, 0.1) is 0 Å². The summed E-state index contributed by atoms with van der Waals surface area (Å²) in [5, 5.41) is 3.03. The van der Waals surface area contributed by atoms with Crippen molar-refractivity contribution < 1.29 is 9.59 Å². The molecule has 1 N–H and O–H groups in total. The molecule has 0 unspecified atom stereocenters. The number of aryl methyl sites for hydroxylation is 1. The maximum Gasteiger partial charge on any atom is 0.253 e. The first-order valence-corrected chi connectivity index (χ1v) is 7.94. The fourth-order valence-electron chi connectivity index (χ4n) is 2.78. The van der Waals surface area contributed by atoms with E-state index in [0.29, 0.717) is 13.1 Å². The van der Waals surface area contributed by atoms with Crippen molar-refractivity contribution in [2.75, 3.05) is 13.1 Å². The predicted molar refractivity (Wildman–Crippen MR) is 87.7 cm³/mol. The summed E-state index contributed by atoms with van der Waals surface area (Å²) in [6, 6.07) is 7.67. The predicted octanol–water partition coefficient (Wildman–Crippen LogP) is 2.76. The molecular formula is C18H26N2O2. The first kappa shape index (κ1) is 16.5. The van der Waals surface area contributed by atoms with Crippen LogP contribution in [0, 0.1) is 12.8 Å². The maximum atomic E-state index is 12.5. The van der Waals surface area contributed by atoms with E-state index in [9.17, 15) is 9.59 Å². The number of carbonyl (C=O) groups excluding carboxylic acids is 2. The van der Waals surface area contributed by atoms with Crippen LogP contribution in [0.25, 0.3) is 0 Å². The molecule has 1 aliphatic heterocycles. The molecule has 0 bridgehead atoms. The van der Waals surface area contributed by atoms with Gasteiger partial charge in [0.25, 0.3) is 5.91 Å². The van der Waals surface area contributed by atoms with Gasteiger partial charge in [0.15, 0.2) is 0 Å². The highest BCUT2D eigenvalue weighted by Crippen LogP contribution is 2.20. The van der Waals surface area contributed by atoms with E-state index in [-0.39, 0.29) is 23.3 Å². The van der Waals surface area contributed by atoms with E-state index >= 15 is 0 Å². The first-order valence-electron chi connectivity index (χ1n) is 7.94. The summed E-state index contributed by atoms with van der Waals surface area (Å²) >= 11 is 0. The molecule has 1 fully saturated rings. The lowest BCUT2D eigenvalue weighted by molar-refractivity contribution is -0.127. The molecule has 1 heterocycles. The zero-order chi connectivity index (χ0) is 16.3. The van der Waals surface area contributed by atoms with Crippen LogP contribution in [-0.4, -0.2) is 35.3 Å². The Morgan fingerprint density at radius 3 is 2.36 bits per heavy atom. The minimum Gasteiger partial charge on any atom is -0.351 e. The zero-order valence-corrected chi connectivity index (χ0v) is 14.0. The summed E-state index contributed by atoms with van der Waals surface area (Å²) in [5.74, 6) is 0.189. The van der Waals surface area contributed by atoms with E-state index < -0.39 is 0 Å². The van der Waals surface area contributed by atoms with Crippen molar-refractivity contribution >= 4 is 11.8 Å². The number of amides is 2. The largest absolute Gasteiger partial charge is 0.351 e. The van der Waals surface area contributed by atoms with Gasteiger partial charge in [0.2, 0.25) is 5.91 Å². The first-order chi connectivity index (χ1) is 10.3. The Balaban J connectivity index is 1.92. The van der Waals surface area contributed by atoms with E-state index in [1.165, 1.54) is 0 Å². The molecule has 4 heteroatoms. The summed E-state index contributed by atoms with van der Waals surface area (Å²) in [6.07, 6.45) is 1.47. The molecule has 22 heavy (non-hydrogen) atoms. The van der Waals surface area contributed by atoms with Crippen LogP contribution in [0.5, 0.6) is 0 Å². The second kappa shape index (κ2) is 6.51. The van der Waals surface area contributed by atoms with Gasteiger partial charge in [-0.1, -0.05) is 17.7 Å². The molecule has 0 aromatic heterocycles. The Kier molecular flexibility index (Phi) is 4.89. The molecule has 0 spiro atoms. The lowest BCUT2D eigenvalue weighted by Crippen LogP contribution is -2.47. The standard InChI is InChI=1S/C18H26N2O2/c1-13-6-5-7-15(12-13)17(22)20-10-8-14(9-11-20)16(21)19-18(2,3)4/h5-7,12,14H,8-11H2,1-4H3,(H,19,21). The molecule has 120 valence electrons.